The monoisotopic (exact) mass is 322 g/mol. The van der Waals surface area contributed by atoms with Crippen LogP contribution in [-0.2, 0) is 11.2 Å². The summed E-state index contributed by atoms with van der Waals surface area (Å²) in [7, 11) is 0. The zero-order valence-electron chi connectivity index (χ0n) is 13.1. The Morgan fingerprint density at radius 3 is 2.52 bits per heavy atom. The zero-order chi connectivity index (χ0) is 17.0. The maximum absolute atomic E-state index is 12.8. The number of carbonyl (C=O) groups excluding carboxylic acids is 1. The van der Waals surface area contributed by atoms with Crippen molar-refractivity contribution >= 4 is 5.91 Å². The fourth-order valence-corrected chi connectivity index (χ4v) is 2.41. The molecule has 0 saturated heterocycles. The first-order chi connectivity index (χ1) is 10.9. The summed E-state index contributed by atoms with van der Waals surface area (Å²) in [5.74, 6) is -0.267. The molecule has 1 aromatic carbocycles. The summed E-state index contributed by atoms with van der Waals surface area (Å²) in [6.45, 7) is 0.718. The van der Waals surface area contributed by atoms with Crippen LogP contribution in [0.25, 0.3) is 0 Å². The molecule has 2 rings (SSSR count). The van der Waals surface area contributed by atoms with E-state index in [1.807, 2.05) is 30.3 Å². The zero-order valence-corrected chi connectivity index (χ0v) is 13.1. The predicted octanol–water partition coefficient (Wildman–Crippen LogP) is 2.25. The molecule has 0 saturated carbocycles. The van der Waals surface area contributed by atoms with Gasteiger partial charge in [-0.05, 0) is 19.4 Å². The smallest absolute Gasteiger partial charge is 0.333 e. The van der Waals surface area contributed by atoms with Crippen LogP contribution in [0, 0.1) is 13.8 Å². The number of nitrogens with one attached hydrogen (secondary N) is 1. The number of aryl methyl sites for hydroxylation is 1. The molecule has 0 spiro atoms. The van der Waals surface area contributed by atoms with E-state index in [0.29, 0.717) is 21.6 Å². The van der Waals surface area contributed by atoms with Crippen LogP contribution in [0.1, 0.15) is 35.1 Å². The third-order valence-electron chi connectivity index (χ3n) is 3.74. The summed E-state index contributed by atoms with van der Waals surface area (Å²) in [6, 6.07) is 9.10. The molecule has 2 aromatic rings. The van der Waals surface area contributed by atoms with Crippen LogP contribution >= 0.6 is 0 Å². The third kappa shape index (κ3) is 4.13. The number of nitrogens with zero attached hydrogens (tertiary/aromatic N) is 2. The Hall–Kier alpha value is -2.28. The number of hydrogen-bond donors (Lipinski definition) is 2. The van der Waals surface area contributed by atoms with Gasteiger partial charge in [0, 0.05) is 23.8 Å². The van der Waals surface area contributed by atoms with Gasteiger partial charge in [0.2, 0.25) is 5.91 Å². The van der Waals surface area contributed by atoms with Gasteiger partial charge >= 0.3 is 6.55 Å². The number of nitrogens with two attached hydrogens (primary N) is 1. The minimum absolute atomic E-state index is 0.00585. The molecular weight excluding hydrogens is 302 g/mol. The number of amides is 1. The van der Waals surface area contributed by atoms with Gasteiger partial charge in [-0.25, -0.2) is 4.68 Å². The van der Waals surface area contributed by atoms with Gasteiger partial charge in [-0.15, -0.1) is 0 Å². The number of alkyl halides is 2. The summed E-state index contributed by atoms with van der Waals surface area (Å²) in [5.41, 5.74) is 8.20. The standard InChI is InChI=1S/C16H20F2N4O/c1-10-13(11(2)22(21-10)16(17)18)8-15(23)20-9-14(19)12-6-4-3-5-7-12/h3-7,14,16H,8-9,19H2,1-2H3,(H,20,23). The van der Waals surface area contributed by atoms with Crippen LogP contribution in [0.5, 0.6) is 0 Å². The molecule has 0 fully saturated rings. The van der Waals surface area contributed by atoms with Gasteiger partial charge in [0.1, 0.15) is 0 Å². The Labute approximate surface area is 133 Å². The molecule has 1 atom stereocenters. The molecular formula is C16H20F2N4O. The highest BCUT2D eigenvalue weighted by Crippen LogP contribution is 2.19. The van der Waals surface area contributed by atoms with Crippen molar-refractivity contribution in [3.8, 4) is 0 Å². The summed E-state index contributed by atoms with van der Waals surface area (Å²) >= 11 is 0. The maximum Gasteiger partial charge on any atom is 0.333 e. The summed E-state index contributed by atoms with van der Waals surface area (Å²) in [4.78, 5) is 12.0. The van der Waals surface area contributed by atoms with Gasteiger partial charge < -0.3 is 11.1 Å². The first-order valence-electron chi connectivity index (χ1n) is 7.30. The lowest BCUT2D eigenvalue weighted by Crippen LogP contribution is -2.33. The van der Waals surface area contributed by atoms with E-state index >= 15 is 0 Å². The lowest BCUT2D eigenvalue weighted by atomic mass is 10.1. The Balaban J connectivity index is 1.95. The molecule has 5 nitrogen and oxygen atoms in total. The predicted molar refractivity (Wildman–Crippen MR) is 83.0 cm³/mol. The minimum atomic E-state index is -2.71. The van der Waals surface area contributed by atoms with Crippen LogP contribution in [0.3, 0.4) is 0 Å². The lowest BCUT2D eigenvalue weighted by molar-refractivity contribution is -0.120. The number of aromatic nitrogens is 2. The van der Waals surface area contributed by atoms with E-state index < -0.39 is 6.55 Å². The summed E-state index contributed by atoms with van der Waals surface area (Å²) in [6.07, 6.45) is 0.00585. The van der Waals surface area contributed by atoms with Crippen molar-refractivity contribution in [3.05, 3.63) is 52.8 Å². The van der Waals surface area contributed by atoms with E-state index in [2.05, 4.69) is 10.4 Å². The van der Waals surface area contributed by atoms with E-state index in [1.54, 1.807) is 6.92 Å². The van der Waals surface area contributed by atoms with Gasteiger partial charge in [-0.3, -0.25) is 4.79 Å². The third-order valence-corrected chi connectivity index (χ3v) is 3.74. The number of rotatable bonds is 6. The lowest BCUT2D eigenvalue weighted by Gasteiger charge is -2.13. The topological polar surface area (TPSA) is 72.9 Å². The molecule has 1 unspecified atom stereocenters. The van der Waals surface area contributed by atoms with Gasteiger partial charge in [-0.2, -0.15) is 13.9 Å². The highest BCUT2D eigenvalue weighted by molar-refractivity contribution is 5.79. The Bertz CT molecular complexity index is 670. The van der Waals surface area contributed by atoms with E-state index in [4.69, 9.17) is 5.73 Å². The molecule has 1 heterocycles. The van der Waals surface area contributed by atoms with Crippen molar-refractivity contribution in [3.63, 3.8) is 0 Å². The SMILES string of the molecule is Cc1nn(C(F)F)c(C)c1CC(=O)NCC(N)c1ccccc1. The van der Waals surface area contributed by atoms with Crippen LogP contribution < -0.4 is 11.1 Å². The van der Waals surface area contributed by atoms with Crippen LogP contribution in [0.2, 0.25) is 0 Å². The largest absolute Gasteiger partial charge is 0.354 e. The fourth-order valence-electron chi connectivity index (χ4n) is 2.41. The van der Waals surface area contributed by atoms with Crippen molar-refractivity contribution in [1.82, 2.24) is 15.1 Å². The second-order valence-electron chi connectivity index (χ2n) is 5.37. The maximum atomic E-state index is 12.8. The highest BCUT2D eigenvalue weighted by atomic mass is 19.3. The Morgan fingerprint density at radius 1 is 1.30 bits per heavy atom. The van der Waals surface area contributed by atoms with E-state index in [1.165, 1.54) is 6.92 Å². The molecule has 1 amide bonds. The first-order valence-corrected chi connectivity index (χ1v) is 7.30. The molecule has 0 bridgehead atoms. The molecule has 0 aliphatic heterocycles. The van der Waals surface area contributed by atoms with Crippen LogP contribution in [0.4, 0.5) is 8.78 Å². The average Bonchev–Trinajstić information content (AvgIpc) is 2.81. The van der Waals surface area contributed by atoms with E-state index in [9.17, 15) is 13.6 Å². The van der Waals surface area contributed by atoms with Crippen molar-refractivity contribution in [2.24, 2.45) is 5.73 Å². The second kappa shape index (κ2) is 7.32. The molecule has 7 heteroatoms. The molecule has 124 valence electrons. The number of halogens is 2. The van der Waals surface area contributed by atoms with Gasteiger partial charge in [-0.1, -0.05) is 30.3 Å². The van der Waals surface area contributed by atoms with E-state index in [-0.39, 0.29) is 24.9 Å². The second-order valence-corrected chi connectivity index (χ2v) is 5.37. The summed E-state index contributed by atoms with van der Waals surface area (Å²) in [5, 5.41) is 6.50. The Kier molecular flexibility index (Phi) is 5.44. The van der Waals surface area contributed by atoms with Crippen molar-refractivity contribution in [2.75, 3.05) is 6.54 Å². The normalized spacial score (nSPS) is 12.4. The minimum Gasteiger partial charge on any atom is -0.354 e. The average molecular weight is 322 g/mol. The van der Waals surface area contributed by atoms with Crippen molar-refractivity contribution in [1.29, 1.82) is 0 Å². The van der Waals surface area contributed by atoms with Crippen LogP contribution in [-0.4, -0.2) is 22.2 Å². The molecule has 23 heavy (non-hydrogen) atoms. The van der Waals surface area contributed by atoms with Crippen LogP contribution in [0.15, 0.2) is 30.3 Å². The van der Waals surface area contributed by atoms with Crippen molar-refractivity contribution < 1.29 is 13.6 Å². The van der Waals surface area contributed by atoms with Gasteiger partial charge in [0.15, 0.2) is 0 Å². The number of benzene rings is 1. The van der Waals surface area contributed by atoms with Crippen molar-refractivity contribution in [2.45, 2.75) is 32.9 Å². The fraction of sp³-hybridized carbons (Fsp3) is 0.375. The summed E-state index contributed by atoms with van der Waals surface area (Å²) < 4.78 is 26.2. The highest BCUT2D eigenvalue weighted by Gasteiger charge is 2.19. The van der Waals surface area contributed by atoms with E-state index in [0.717, 1.165) is 5.56 Å². The molecule has 0 aliphatic carbocycles. The van der Waals surface area contributed by atoms with Gasteiger partial charge in [0.05, 0.1) is 12.1 Å². The molecule has 0 aliphatic rings. The van der Waals surface area contributed by atoms with Gasteiger partial charge in [0.25, 0.3) is 0 Å². The Morgan fingerprint density at radius 2 is 1.96 bits per heavy atom. The number of carbonyl (C=O) groups is 1. The first kappa shape index (κ1) is 17.1. The molecule has 3 N–H and O–H groups in total. The molecule has 1 aromatic heterocycles. The quantitative estimate of drug-likeness (QED) is 0.857. The molecule has 0 radical (unpaired) electrons. The number of hydrogen-bond acceptors (Lipinski definition) is 3.